The molecule has 18 heavy (non-hydrogen) atoms. The smallest absolute Gasteiger partial charge is 0.222 e. The highest BCUT2D eigenvalue weighted by Crippen LogP contribution is 2.33. The predicted molar refractivity (Wildman–Crippen MR) is 77.8 cm³/mol. The van der Waals surface area contributed by atoms with E-state index in [1.165, 1.54) is 18.4 Å². The number of halogens is 1. The maximum Gasteiger partial charge on any atom is 0.222 e. The van der Waals surface area contributed by atoms with Crippen molar-refractivity contribution >= 4 is 21.8 Å². The largest absolute Gasteiger partial charge is 0.345 e. The Kier molecular flexibility index (Phi) is 4.81. The number of hydrogen-bond donors (Lipinski definition) is 0. The number of alkyl halides is 1. The highest BCUT2D eigenvalue weighted by molar-refractivity contribution is 9.09. The highest BCUT2D eigenvalue weighted by Gasteiger charge is 2.28. The van der Waals surface area contributed by atoms with Gasteiger partial charge in [0, 0.05) is 24.8 Å². The first-order valence-electron chi connectivity index (χ1n) is 6.57. The molecule has 1 aromatic rings. The van der Waals surface area contributed by atoms with Crippen LogP contribution < -0.4 is 0 Å². The maximum absolute atomic E-state index is 12.0. The average molecular weight is 310 g/mol. The van der Waals surface area contributed by atoms with E-state index in [4.69, 9.17) is 0 Å². The van der Waals surface area contributed by atoms with Crippen molar-refractivity contribution in [3.63, 3.8) is 0 Å². The lowest BCUT2D eigenvalue weighted by molar-refractivity contribution is -0.130. The van der Waals surface area contributed by atoms with Crippen molar-refractivity contribution in [1.29, 1.82) is 0 Å². The van der Waals surface area contributed by atoms with Crippen molar-refractivity contribution in [1.82, 2.24) is 4.90 Å². The Morgan fingerprint density at radius 2 is 2.00 bits per heavy atom. The lowest BCUT2D eigenvalue weighted by Crippen LogP contribution is -2.37. The molecule has 2 nitrogen and oxygen atoms in total. The van der Waals surface area contributed by atoms with Gasteiger partial charge in [-0.25, -0.2) is 0 Å². The standard InChI is InChI=1S/C15H20BrNO/c1-17(11-13-9-14(16)10-13)15(18)8-7-12-5-3-2-4-6-12/h2-6,13-14H,7-11H2,1H3. The van der Waals surface area contributed by atoms with Gasteiger partial charge >= 0.3 is 0 Å². The molecule has 3 heteroatoms. The molecule has 1 saturated carbocycles. The van der Waals surface area contributed by atoms with Crippen molar-refractivity contribution in [2.45, 2.75) is 30.5 Å². The molecule has 0 bridgehead atoms. The van der Waals surface area contributed by atoms with Gasteiger partial charge in [0.1, 0.15) is 0 Å². The number of benzene rings is 1. The summed E-state index contributed by atoms with van der Waals surface area (Å²) in [6.45, 7) is 0.912. The SMILES string of the molecule is CN(CC1CC(Br)C1)C(=O)CCc1ccccc1. The van der Waals surface area contributed by atoms with Gasteiger partial charge in [-0.05, 0) is 30.7 Å². The van der Waals surface area contributed by atoms with E-state index < -0.39 is 0 Å². The molecule has 0 heterocycles. The van der Waals surface area contributed by atoms with Crippen molar-refractivity contribution in [2.75, 3.05) is 13.6 Å². The van der Waals surface area contributed by atoms with Gasteiger partial charge in [0.15, 0.2) is 0 Å². The molecule has 2 rings (SSSR count). The van der Waals surface area contributed by atoms with Crippen molar-refractivity contribution in [3.05, 3.63) is 35.9 Å². The van der Waals surface area contributed by atoms with Crippen LogP contribution in [0.4, 0.5) is 0 Å². The molecule has 0 atom stereocenters. The van der Waals surface area contributed by atoms with Crippen LogP contribution in [0.1, 0.15) is 24.8 Å². The van der Waals surface area contributed by atoms with E-state index >= 15 is 0 Å². The molecular weight excluding hydrogens is 290 g/mol. The van der Waals surface area contributed by atoms with Gasteiger partial charge < -0.3 is 4.90 Å². The van der Waals surface area contributed by atoms with E-state index in [1.54, 1.807) is 0 Å². The van der Waals surface area contributed by atoms with Gasteiger partial charge in [0.05, 0.1) is 0 Å². The van der Waals surface area contributed by atoms with Gasteiger partial charge in [-0.15, -0.1) is 0 Å². The summed E-state index contributed by atoms with van der Waals surface area (Å²) < 4.78 is 0. The number of carbonyl (C=O) groups is 1. The zero-order valence-electron chi connectivity index (χ0n) is 10.8. The molecule has 1 aromatic carbocycles. The molecule has 1 aliphatic rings. The third-order valence-electron chi connectivity index (χ3n) is 3.61. The van der Waals surface area contributed by atoms with E-state index in [0.717, 1.165) is 13.0 Å². The van der Waals surface area contributed by atoms with E-state index in [9.17, 15) is 4.79 Å². The summed E-state index contributed by atoms with van der Waals surface area (Å²) in [7, 11) is 1.93. The summed E-state index contributed by atoms with van der Waals surface area (Å²) in [5, 5.41) is 0. The second-order valence-electron chi connectivity index (χ2n) is 5.19. The van der Waals surface area contributed by atoms with E-state index in [0.29, 0.717) is 17.2 Å². The first-order chi connectivity index (χ1) is 8.65. The number of nitrogens with zero attached hydrogens (tertiary/aromatic N) is 1. The average Bonchev–Trinajstić information content (AvgIpc) is 2.35. The molecule has 1 aliphatic carbocycles. The molecule has 0 N–H and O–H groups in total. The molecule has 0 aromatic heterocycles. The fourth-order valence-corrected chi connectivity index (χ4v) is 3.44. The number of rotatable bonds is 5. The second-order valence-corrected chi connectivity index (χ2v) is 6.49. The van der Waals surface area contributed by atoms with Crippen LogP contribution in [0.5, 0.6) is 0 Å². The van der Waals surface area contributed by atoms with Gasteiger partial charge in [-0.3, -0.25) is 4.79 Å². The predicted octanol–water partition coefficient (Wildman–Crippen LogP) is 3.25. The fraction of sp³-hybridized carbons (Fsp3) is 0.533. The van der Waals surface area contributed by atoms with Crippen LogP contribution >= 0.6 is 15.9 Å². The molecule has 0 radical (unpaired) electrons. The first-order valence-corrected chi connectivity index (χ1v) is 7.48. The van der Waals surface area contributed by atoms with Crippen LogP contribution in [0.25, 0.3) is 0 Å². The maximum atomic E-state index is 12.0. The number of hydrogen-bond acceptors (Lipinski definition) is 1. The molecule has 0 spiro atoms. The van der Waals surface area contributed by atoms with Crippen molar-refractivity contribution in [2.24, 2.45) is 5.92 Å². The van der Waals surface area contributed by atoms with Crippen molar-refractivity contribution in [3.8, 4) is 0 Å². The summed E-state index contributed by atoms with van der Waals surface area (Å²) >= 11 is 3.59. The van der Waals surface area contributed by atoms with Crippen LogP contribution in [0.2, 0.25) is 0 Å². The van der Waals surface area contributed by atoms with Crippen LogP contribution in [0.3, 0.4) is 0 Å². The number of aryl methyl sites for hydroxylation is 1. The van der Waals surface area contributed by atoms with E-state index in [-0.39, 0.29) is 5.91 Å². The Balaban J connectivity index is 1.71. The Hall–Kier alpha value is -0.830. The normalized spacial score (nSPS) is 22.3. The first kappa shape index (κ1) is 13.6. The summed E-state index contributed by atoms with van der Waals surface area (Å²) in [6, 6.07) is 10.2. The summed E-state index contributed by atoms with van der Waals surface area (Å²) in [4.78, 5) is 14.6. The summed E-state index contributed by atoms with van der Waals surface area (Å²) in [6.07, 6.45) is 3.87. The number of carbonyl (C=O) groups excluding carboxylic acids is 1. The van der Waals surface area contributed by atoms with E-state index in [2.05, 4.69) is 28.1 Å². The molecule has 1 fully saturated rings. The lowest BCUT2D eigenvalue weighted by atomic mass is 9.85. The fourth-order valence-electron chi connectivity index (χ4n) is 2.38. The molecule has 98 valence electrons. The van der Waals surface area contributed by atoms with Gasteiger partial charge in [0.25, 0.3) is 0 Å². The zero-order chi connectivity index (χ0) is 13.0. The lowest BCUT2D eigenvalue weighted by Gasteiger charge is -2.34. The molecular formula is C15H20BrNO. The van der Waals surface area contributed by atoms with Crippen LogP contribution in [0, 0.1) is 5.92 Å². The quantitative estimate of drug-likeness (QED) is 0.765. The Morgan fingerprint density at radius 3 is 2.61 bits per heavy atom. The molecule has 0 saturated heterocycles. The topological polar surface area (TPSA) is 20.3 Å². The Bertz CT molecular complexity index is 387. The summed E-state index contributed by atoms with van der Waals surface area (Å²) in [5.41, 5.74) is 1.24. The van der Waals surface area contributed by atoms with Crippen LogP contribution in [0.15, 0.2) is 30.3 Å². The third kappa shape index (κ3) is 3.84. The number of amides is 1. The minimum absolute atomic E-state index is 0.261. The molecule has 0 aliphatic heterocycles. The minimum atomic E-state index is 0.261. The van der Waals surface area contributed by atoms with Gasteiger partial charge in [0.2, 0.25) is 5.91 Å². The van der Waals surface area contributed by atoms with Crippen molar-refractivity contribution < 1.29 is 4.79 Å². The Morgan fingerprint density at radius 1 is 1.33 bits per heavy atom. The van der Waals surface area contributed by atoms with Gasteiger partial charge in [-0.1, -0.05) is 46.3 Å². The molecule has 0 unspecified atom stereocenters. The van der Waals surface area contributed by atoms with Crippen LogP contribution in [-0.4, -0.2) is 29.2 Å². The van der Waals surface area contributed by atoms with Gasteiger partial charge in [-0.2, -0.15) is 0 Å². The zero-order valence-corrected chi connectivity index (χ0v) is 12.4. The minimum Gasteiger partial charge on any atom is -0.345 e. The second kappa shape index (κ2) is 6.37. The summed E-state index contributed by atoms with van der Waals surface area (Å²) in [5.74, 6) is 0.955. The van der Waals surface area contributed by atoms with Crippen LogP contribution in [-0.2, 0) is 11.2 Å². The Labute approximate surface area is 117 Å². The highest BCUT2D eigenvalue weighted by atomic mass is 79.9. The monoisotopic (exact) mass is 309 g/mol. The third-order valence-corrected chi connectivity index (χ3v) is 4.35. The molecule has 1 amide bonds. The van der Waals surface area contributed by atoms with E-state index in [1.807, 2.05) is 30.1 Å².